The molecule has 0 saturated heterocycles. The fraction of sp³-hybridized carbons (Fsp3) is 0.545. The molecule has 0 radical (unpaired) electrons. The van der Waals surface area contributed by atoms with Crippen molar-refractivity contribution in [2.45, 2.75) is 53.9 Å². The minimum atomic E-state index is -0.219. The monoisotopic (exact) mass is 332 g/mol. The van der Waals surface area contributed by atoms with Gasteiger partial charge in [-0.05, 0) is 63.2 Å². The zero-order valence-electron chi connectivity index (χ0n) is 15.9. The van der Waals surface area contributed by atoms with Crippen LogP contribution in [0.4, 0.5) is 4.39 Å². The van der Waals surface area contributed by atoms with Crippen LogP contribution in [0.1, 0.15) is 53.9 Å². The Morgan fingerprint density at radius 3 is 2.54 bits per heavy atom. The first-order chi connectivity index (χ1) is 11.5. The van der Waals surface area contributed by atoms with Gasteiger partial charge in [-0.3, -0.25) is 0 Å². The molecule has 0 N–H and O–H groups in total. The number of allylic oxidation sites excluding steroid dienone is 7. The van der Waals surface area contributed by atoms with Gasteiger partial charge in [-0.1, -0.05) is 49.8 Å². The Hall–Kier alpha value is -1.41. The maximum Gasteiger partial charge on any atom is 0.119 e. The fourth-order valence-electron chi connectivity index (χ4n) is 2.49. The Labute approximate surface area is 147 Å². The van der Waals surface area contributed by atoms with Crippen LogP contribution >= 0.6 is 0 Å². The Bertz CT molecular complexity index is 534. The normalized spacial score (nSPS) is 23.8. The third-order valence-corrected chi connectivity index (χ3v) is 4.56. The second-order valence-corrected chi connectivity index (χ2v) is 6.77. The van der Waals surface area contributed by atoms with Gasteiger partial charge in [-0.15, -0.1) is 0 Å². The zero-order valence-corrected chi connectivity index (χ0v) is 15.9. The number of hydrogen-bond donors (Lipinski definition) is 0. The topological polar surface area (TPSA) is 9.23 Å². The van der Waals surface area contributed by atoms with Crippen molar-refractivity contribution in [3.05, 3.63) is 59.0 Å². The molecule has 2 atom stereocenters. The molecule has 1 aliphatic carbocycles. The van der Waals surface area contributed by atoms with E-state index in [2.05, 4.69) is 45.1 Å². The predicted molar refractivity (Wildman–Crippen MR) is 103 cm³/mol. The maximum absolute atomic E-state index is 13.7. The van der Waals surface area contributed by atoms with E-state index in [0.717, 1.165) is 17.6 Å². The van der Waals surface area contributed by atoms with Gasteiger partial charge in [0.25, 0.3) is 0 Å². The van der Waals surface area contributed by atoms with Crippen LogP contribution in [0.15, 0.2) is 59.0 Å². The van der Waals surface area contributed by atoms with Gasteiger partial charge < -0.3 is 4.74 Å². The third-order valence-electron chi connectivity index (χ3n) is 4.56. The van der Waals surface area contributed by atoms with E-state index in [0.29, 0.717) is 25.0 Å². The summed E-state index contributed by atoms with van der Waals surface area (Å²) in [7, 11) is 0. The van der Waals surface area contributed by atoms with Crippen LogP contribution in [0.5, 0.6) is 0 Å². The number of halogens is 1. The Balaban J connectivity index is 2.70. The van der Waals surface area contributed by atoms with Crippen molar-refractivity contribution in [2.75, 3.05) is 13.2 Å². The SMILES string of the molecule is C\C=C(F)/C=C(COCC1C=CC(C)CC1)/C(C)=C/C=C(\C)CC. The summed E-state index contributed by atoms with van der Waals surface area (Å²) in [5.41, 5.74) is 3.26. The highest BCUT2D eigenvalue weighted by Crippen LogP contribution is 2.22. The molecule has 0 aromatic carbocycles. The van der Waals surface area contributed by atoms with Crippen molar-refractivity contribution in [2.24, 2.45) is 11.8 Å². The molecule has 1 rings (SSSR count). The lowest BCUT2D eigenvalue weighted by atomic mass is 9.90. The van der Waals surface area contributed by atoms with Crippen LogP contribution in [0.2, 0.25) is 0 Å². The van der Waals surface area contributed by atoms with Crippen LogP contribution < -0.4 is 0 Å². The highest BCUT2D eigenvalue weighted by atomic mass is 19.1. The third kappa shape index (κ3) is 7.92. The summed E-state index contributed by atoms with van der Waals surface area (Å²) in [6, 6.07) is 0. The van der Waals surface area contributed by atoms with Crippen LogP contribution in [0.3, 0.4) is 0 Å². The van der Waals surface area contributed by atoms with E-state index in [-0.39, 0.29) is 5.83 Å². The van der Waals surface area contributed by atoms with Gasteiger partial charge >= 0.3 is 0 Å². The standard InChI is InChI=1S/C22H33FO/c1-6-17(3)8-11-19(5)21(14-22(23)7-2)16-24-15-20-12-9-18(4)10-13-20/h7-9,11-12,14,18,20H,6,10,13,15-16H2,1-5H3/b17-8+,19-11+,21-14+,22-7+. The summed E-state index contributed by atoms with van der Waals surface area (Å²) >= 11 is 0. The number of ether oxygens (including phenoxy) is 1. The molecule has 24 heavy (non-hydrogen) atoms. The van der Waals surface area contributed by atoms with Gasteiger partial charge in [-0.2, -0.15) is 0 Å². The number of rotatable bonds is 8. The summed E-state index contributed by atoms with van der Waals surface area (Å²) < 4.78 is 19.6. The molecule has 134 valence electrons. The van der Waals surface area contributed by atoms with Crippen LogP contribution in [-0.2, 0) is 4.74 Å². The minimum Gasteiger partial charge on any atom is -0.376 e. The second kappa shape index (κ2) is 11.2. The fourth-order valence-corrected chi connectivity index (χ4v) is 2.49. The molecule has 0 saturated carbocycles. The van der Waals surface area contributed by atoms with E-state index in [4.69, 9.17) is 4.74 Å². The number of hydrogen-bond acceptors (Lipinski definition) is 1. The summed E-state index contributed by atoms with van der Waals surface area (Å²) in [6.45, 7) is 11.4. The van der Waals surface area contributed by atoms with Crippen molar-refractivity contribution in [1.29, 1.82) is 0 Å². The molecular formula is C22H33FO. The van der Waals surface area contributed by atoms with Crippen molar-refractivity contribution < 1.29 is 9.13 Å². The lowest BCUT2D eigenvalue weighted by Crippen LogP contribution is -2.14. The van der Waals surface area contributed by atoms with Gasteiger partial charge in [0, 0.05) is 5.92 Å². The summed E-state index contributed by atoms with van der Waals surface area (Å²) in [4.78, 5) is 0. The zero-order chi connectivity index (χ0) is 17.9. The average Bonchev–Trinajstić information content (AvgIpc) is 2.59. The van der Waals surface area contributed by atoms with Gasteiger partial charge in [-0.25, -0.2) is 4.39 Å². The van der Waals surface area contributed by atoms with E-state index >= 15 is 0 Å². The molecule has 0 aromatic heterocycles. The summed E-state index contributed by atoms with van der Waals surface area (Å²) in [6.07, 6.45) is 15.2. The summed E-state index contributed by atoms with van der Waals surface area (Å²) in [5, 5.41) is 0. The Morgan fingerprint density at radius 1 is 1.21 bits per heavy atom. The quantitative estimate of drug-likeness (QED) is 0.354. The first-order valence-corrected chi connectivity index (χ1v) is 9.09. The van der Waals surface area contributed by atoms with Crippen molar-refractivity contribution in [3.8, 4) is 0 Å². The Morgan fingerprint density at radius 2 is 1.96 bits per heavy atom. The molecule has 1 aliphatic rings. The lowest BCUT2D eigenvalue weighted by molar-refractivity contribution is 0.126. The van der Waals surface area contributed by atoms with E-state index < -0.39 is 0 Å². The molecule has 2 unspecified atom stereocenters. The van der Waals surface area contributed by atoms with Gasteiger partial charge in [0.15, 0.2) is 0 Å². The highest BCUT2D eigenvalue weighted by Gasteiger charge is 2.13. The van der Waals surface area contributed by atoms with E-state index in [1.807, 2.05) is 6.92 Å². The minimum absolute atomic E-state index is 0.219. The average molecular weight is 333 g/mol. The predicted octanol–water partition coefficient (Wildman–Crippen LogP) is 6.71. The van der Waals surface area contributed by atoms with Crippen LogP contribution in [-0.4, -0.2) is 13.2 Å². The van der Waals surface area contributed by atoms with Crippen molar-refractivity contribution in [1.82, 2.24) is 0 Å². The van der Waals surface area contributed by atoms with Gasteiger partial charge in [0.1, 0.15) is 5.83 Å². The molecule has 0 heterocycles. The summed E-state index contributed by atoms with van der Waals surface area (Å²) in [5.74, 6) is 0.948. The van der Waals surface area contributed by atoms with Crippen molar-refractivity contribution >= 4 is 0 Å². The molecular weight excluding hydrogens is 299 g/mol. The Kier molecular flexibility index (Phi) is 9.63. The van der Waals surface area contributed by atoms with E-state index in [9.17, 15) is 4.39 Å². The molecule has 0 bridgehead atoms. The van der Waals surface area contributed by atoms with E-state index in [1.165, 1.54) is 24.5 Å². The maximum atomic E-state index is 13.7. The van der Waals surface area contributed by atoms with Crippen molar-refractivity contribution in [3.63, 3.8) is 0 Å². The highest BCUT2D eigenvalue weighted by molar-refractivity contribution is 5.37. The molecule has 0 aromatic rings. The smallest absolute Gasteiger partial charge is 0.119 e. The first kappa shape index (κ1) is 20.6. The second-order valence-electron chi connectivity index (χ2n) is 6.77. The van der Waals surface area contributed by atoms with Gasteiger partial charge in [0.05, 0.1) is 13.2 Å². The molecule has 0 spiro atoms. The van der Waals surface area contributed by atoms with Gasteiger partial charge in [0.2, 0.25) is 0 Å². The molecule has 2 heteroatoms. The molecule has 0 aliphatic heterocycles. The largest absolute Gasteiger partial charge is 0.376 e. The van der Waals surface area contributed by atoms with E-state index in [1.54, 1.807) is 13.0 Å². The van der Waals surface area contributed by atoms with Crippen LogP contribution in [0.25, 0.3) is 0 Å². The first-order valence-electron chi connectivity index (χ1n) is 9.09. The molecule has 0 fully saturated rings. The lowest BCUT2D eigenvalue weighted by Gasteiger charge is -2.20. The van der Waals surface area contributed by atoms with Crippen LogP contribution in [0, 0.1) is 11.8 Å². The molecule has 1 nitrogen and oxygen atoms in total. The molecule has 0 amide bonds.